The third-order valence-electron chi connectivity index (χ3n) is 4.80. The number of carbonyl (C=O) groups excluding carboxylic acids is 2. The van der Waals surface area contributed by atoms with Crippen molar-refractivity contribution in [3.63, 3.8) is 0 Å². The van der Waals surface area contributed by atoms with Gasteiger partial charge in [-0.15, -0.1) is 0 Å². The average molecular weight is 401 g/mol. The molecule has 0 saturated carbocycles. The van der Waals surface area contributed by atoms with Crippen molar-refractivity contribution in [1.82, 2.24) is 10.2 Å². The Morgan fingerprint density at radius 2 is 1.89 bits per heavy atom. The molecule has 148 valence electrons. The predicted molar refractivity (Wildman–Crippen MR) is 95.5 cm³/mol. The van der Waals surface area contributed by atoms with E-state index < -0.39 is 17.5 Å². The number of phenols is 1. The number of rotatable bonds is 3. The molecule has 2 saturated heterocycles. The lowest BCUT2D eigenvalue weighted by molar-refractivity contribution is -0.0122. The summed E-state index contributed by atoms with van der Waals surface area (Å²) in [6.45, 7) is 2.10. The first-order chi connectivity index (χ1) is 12.9. The topological polar surface area (TPSA) is 88.1 Å². The minimum atomic E-state index is -0.700. The van der Waals surface area contributed by atoms with Gasteiger partial charge in [-0.3, -0.25) is 4.79 Å². The minimum Gasteiger partial charge on any atom is -0.506 e. The average Bonchev–Trinajstić information content (AvgIpc) is 2.66. The number of halogens is 2. The number of amides is 2. The highest BCUT2D eigenvalue weighted by Crippen LogP contribution is 2.28. The summed E-state index contributed by atoms with van der Waals surface area (Å²) in [4.78, 5) is 26.1. The normalized spacial score (nSPS) is 19.0. The number of piperidine rings is 1. The van der Waals surface area contributed by atoms with E-state index in [1.807, 2.05) is 0 Å². The molecular formula is C18H22ClFN2O5. The second-order valence-electron chi connectivity index (χ2n) is 6.71. The van der Waals surface area contributed by atoms with Gasteiger partial charge < -0.3 is 24.8 Å². The molecule has 2 aliphatic rings. The van der Waals surface area contributed by atoms with Crippen LogP contribution >= 0.6 is 11.6 Å². The molecule has 2 amide bonds. The summed E-state index contributed by atoms with van der Waals surface area (Å²) < 4.78 is 24.2. The van der Waals surface area contributed by atoms with Crippen LogP contribution in [0.4, 0.5) is 9.18 Å². The Morgan fingerprint density at radius 3 is 2.56 bits per heavy atom. The Morgan fingerprint density at radius 1 is 1.22 bits per heavy atom. The van der Waals surface area contributed by atoms with Crippen LogP contribution in [0.1, 0.15) is 36.0 Å². The van der Waals surface area contributed by atoms with Crippen LogP contribution < -0.4 is 5.32 Å². The first kappa shape index (κ1) is 19.7. The highest BCUT2D eigenvalue weighted by molar-refractivity contribution is 6.32. The Balaban J connectivity index is 1.49. The van der Waals surface area contributed by atoms with Crippen molar-refractivity contribution in [2.24, 2.45) is 0 Å². The molecule has 3 rings (SSSR count). The van der Waals surface area contributed by atoms with E-state index in [-0.39, 0.29) is 28.8 Å². The quantitative estimate of drug-likeness (QED) is 0.814. The molecule has 0 unspecified atom stereocenters. The van der Waals surface area contributed by atoms with E-state index in [4.69, 9.17) is 21.1 Å². The molecule has 0 aromatic heterocycles. The number of ether oxygens (including phenoxy) is 2. The van der Waals surface area contributed by atoms with E-state index in [9.17, 15) is 19.1 Å². The lowest BCUT2D eigenvalue weighted by Crippen LogP contribution is -2.47. The number of likely N-dealkylation sites (tertiary alicyclic amines) is 1. The van der Waals surface area contributed by atoms with Crippen molar-refractivity contribution >= 4 is 23.6 Å². The molecule has 7 nitrogen and oxygen atoms in total. The molecule has 2 aliphatic heterocycles. The molecule has 1 aromatic carbocycles. The Labute approximate surface area is 161 Å². The molecule has 0 bridgehead atoms. The maximum atomic E-state index is 13.4. The van der Waals surface area contributed by atoms with Crippen LogP contribution in [-0.4, -0.2) is 60.5 Å². The van der Waals surface area contributed by atoms with Crippen molar-refractivity contribution in [1.29, 1.82) is 0 Å². The number of carbonyl (C=O) groups is 2. The summed E-state index contributed by atoms with van der Waals surface area (Å²) in [6, 6.07) is 1.69. The van der Waals surface area contributed by atoms with Crippen molar-refractivity contribution in [2.75, 3.05) is 26.3 Å². The van der Waals surface area contributed by atoms with Crippen molar-refractivity contribution in [3.8, 4) is 5.75 Å². The number of benzene rings is 1. The third kappa shape index (κ3) is 5.01. The Bertz CT molecular complexity index is 703. The van der Waals surface area contributed by atoms with Gasteiger partial charge in [-0.05, 0) is 25.0 Å². The third-order valence-corrected chi connectivity index (χ3v) is 5.09. The Hall–Kier alpha value is -2.06. The van der Waals surface area contributed by atoms with E-state index in [0.717, 1.165) is 12.1 Å². The first-order valence-electron chi connectivity index (χ1n) is 8.96. The van der Waals surface area contributed by atoms with Gasteiger partial charge in [0, 0.05) is 32.0 Å². The lowest BCUT2D eigenvalue weighted by atomic mass is 10.0. The van der Waals surface area contributed by atoms with E-state index in [1.54, 1.807) is 4.90 Å². The van der Waals surface area contributed by atoms with Crippen molar-refractivity contribution in [3.05, 3.63) is 28.5 Å². The van der Waals surface area contributed by atoms with Crippen LogP contribution in [0, 0.1) is 5.82 Å². The smallest absolute Gasteiger partial charge is 0.410 e. The summed E-state index contributed by atoms with van der Waals surface area (Å²) in [5.74, 6) is -1.75. The molecule has 0 aliphatic carbocycles. The second-order valence-corrected chi connectivity index (χ2v) is 7.12. The van der Waals surface area contributed by atoms with E-state index in [2.05, 4.69) is 5.32 Å². The molecule has 9 heteroatoms. The molecule has 0 spiro atoms. The molecule has 0 atom stereocenters. The highest BCUT2D eigenvalue weighted by atomic mass is 35.5. The number of nitrogens with zero attached hydrogens (tertiary/aromatic N) is 1. The van der Waals surface area contributed by atoms with Crippen molar-refractivity contribution < 1.29 is 28.6 Å². The molecule has 1 aromatic rings. The van der Waals surface area contributed by atoms with Gasteiger partial charge in [0.2, 0.25) is 0 Å². The molecule has 0 radical (unpaired) electrons. The van der Waals surface area contributed by atoms with Gasteiger partial charge in [-0.25, -0.2) is 9.18 Å². The van der Waals surface area contributed by atoms with Crippen LogP contribution in [0.5, 0.6) is 5.75 Å². The fraction of sp³-hybridized carbons (Fsp3) is 0.556. The zero-order valence-corrected chi connectivity index (χ0v) is 15.5. The zero-order chi connectivity index (χ0) is 19.4. The number of nitrogens with one attached hydrogen (secondary N) is 1. The van der Waals surface area contributed by atoms with Crippen LogP contribution in [0.3, 0.4) is 0 Å². The van der Waals surface area contributed by atoms with Gasteiger partial charge in [0.15, 0.2) is 0 Å². The van der Waals surface area contributed by atoms with Gasteiger partial charge in [-0.2, -0.15) is 0 Å². The molecule has 2 fully saturated rings. The fourth-order valence-electron chi connectivity index (χ4n) is 3.22. The van der Waals surface area contributed by atoms with Gasteiger partial charge in [0.25, 0.3) is 5.91 Å². The summed E-state index contributed by atoms with van der Waals surface area (Å²) >= 11 is 5.70. The number of hydrogen-bond donors (Lipinski definition) is 2. The summed E-state index contributed by atoms with van der Waals surface area (Å²) in [7, 11) is 0. The van der Waals surface area contributed by atoms with Gasteiger partial charge in [-0.1, -0.05) is 11.6 Å². The highest BCUT2D eigenvalue weighted by Gasteiger charge is 2.28. The van der Waals surface area contributed by atoms with Crippen LogP contribution in [0.2, 0.25) is 5.02 Å². The second kappa shape index (κ2) is 8.75. The van der Waals surface area contributed by atoms with E-state index >= 15 is 0 Å². The number of phenolic OH excluding ortho intramolecular Hbond substituents is 1. The SMILES string of the molecule is O=C(NC1CCN(C(=O)OC2CCOCC2)CC1)c1cc(F)cc(Cl)c1O. The molecular weight excluding hydrogens is 379 g/mol. The standard InChI is InChI=1S/C18H22ClFN2O5/c19-15-10-11(20)9-14(16(15)23)17(24)21-12-1-5-22(6-2-12)18(25)27-13-3-7-26-8-4-13/h9-10,12-13,23H,1-8H2,(H,21,24). The minimum absolute atomic E-state index is 0.107. The number of hydrogen-bond acceptors (Lipinski definition) is 5. The first-order valence-corrected chi connectivity index (χ1v) is 9.34. The Kier molecular flexibility index (Phi) is 6.38. The van der Waals surface area contributed by atoms with Crippen molar-refractivity contribution in [2.45, 2.75) is 37.8 Å². The fourth-order valence-corrected chi connectivity index (χ4v) is 3.43. The monoisotopic (exact) mass is 400 g/mol. The lowest BCUT2D eigenvalue weighted by Gasteiger charge is -2.33. The van der Waals surface area contributed by atoms with Crippen LogP contribution in [0.25, 0.3) is 0 Å². The van der Waals surface area contributed by atoms with Crippen LogP contribution in [0.15, 0.2) is 12.1 Å². The summed E-state index contributed by atoms with van der Waals surface area (Å²) in [5, 5.41) is 12.4. The molecule has 2 N–H and O–H groups in total. The number of aromatic hydroxyl groups is 1. The maximum Gasteiger partial charge on any atom is 0.410 e. The van der Waals surface area contributed by atoms with Gasteiger partial charge in [0.05, 0.1) is 23.8 Å². The maximum absolute atomic E-state index is 13.4. The van der Waals surface area contributed by atoms with Gasteiger partial charge in [0.1, 0.15) is 17.7 Å². The molecule has 2 heterocycles. The molecule has 27 heavy (non-hydrogen) atoms. The largest absolute Gasteiger partial charge is 0.506 e. The predicted octanol–water partition coefficient (Wildman–Crippen LogP) is 2.69. The van der Waals surface area contributed by atoms with Gasteiger partial charge >= 0.3 is 6.09 Å². The zero-order valence-electron chi connectivity index (χ0n) is 14.7. The van der Waals surface area contributed by atoms with Crippen LogP contribution in [-0.2, 0) is 9.47 Å². The van der Waals surface area contributed by atoms with E-state index in [1.165, 1.54) is 0 Å². The van der Waals surface area contributed by atoms with E-state index in [0.29, 0.717) is 52.0 Å². The summed E-state index contributed by atoms with van der Waals surface area (Å²) in [5.41, 5.74) is -0.207. The summed E-state index contributed by atoms with van der Waals surface area (Å²) in [6.07, 6.45) is 2.04.